The Bertz CT molecular complexity index is 884. The second-order valence-corrected chi connectivity index (χ2v) is 7.66. The highest BCUT2D eigenvalue weighted by Crippen LogP contribution is 2.32. The second kappa shape index (κ2) is 10.8. The van der Waals surface area contributed by atoms with Gasteiger partial charge in [0.15, 0.2) is 11.5 Å². The zero-order valence-electron chi connectivity index (χ0n) is 18.6. The van der Waals surface area contributed by atoms with E-state index in [2.05, 4.69) is 5.32 Å². The van der Waals surface area contributed by atoms with Crippen molar-refractivity contribution in [3.63, 3.8) is 0 Å². The highest BCUT2D eigenvalue weighted by molar-refractivity contribution is 5.89. The van der Waals surface area contributed by atoms with Crippen molar-refractivity contribution in [2.45, 2.75) is 52.1 Å². The SMILES string of the molecule is CCOc1ccc(C(C)NC(=O)C(c2ccccc2)N2CCCCC2=O)cc1OCC. The number of ether oxygens (including phenoxy) is 2. The van der Waals surface area contributed by atoms with Crippen molar-refractivity contribution in [1.29, 1.82) is 0 Å². The van der Waals surface area contributed by atoms with Crippen LogP contribution in [0.25, 0.3) is 0 Å². The van der Waals surface area contributed by atoms with Gasteiger partial charge in [-0.1, -0.05) is 36.4 Å². The molecule has 0 aliphatic carbocycles. The topological polar surface area (TPSA) is 67.9 Å². The van der Waals surface area contributed by atoms with Crippen molar-refractivity contribution in [3.05, 3.63) is 59.7 Å². The molecule has 1 aliphatic rings. The molecule has 166 valence electrons. The summed E-state index contributed by atoms with van der Waals surface area (Å²) >= 11 is 0. The molecule has 0 spiro atoms. The molecular weight excluding hydrogens is 392 g/mol. The summed E-state index contributed by atoms with van der Waals surface area (Å²) < 4.78 is 11.4. The predicted octanol–water partition coefficient (Wildman–Crippen LogP) is 4.42. The normalized spacial score (nSPS) is 15.8. The van der Waals surface area contributed by atoms with Crippen LogP contribution in [0.4, 0.5) is 0 Å². The maximum absolute atomic E-state index is 13.4. The third-order valence-electron chi connectivity index (χ3n) is 5.46. The fourth-order valence-electron chi connectivity index (χ4n) is 3.92. The largest absolute Gasteiger partial charge is 0.490 e. The number of nitrogens with one attached hydrogen (secondary N) is 1. The Hall–Kier alpha value is -3.02. The van der Waals surface area contributed by atoms with Gasteiger partial charge in [0, 0.05) is 13.0 Å². The standard InChI is InChI=1S/C25H32N2O4/c1-4-30-21-15-14-20(17-22(21)31-5-2)18(3)26-25(29)24(19-11-7-6-8-12-19)27-16-10-9-13-23(27)28/h6-8,11-12,14-15,17-18,24H,4-5,9-10,13,16H2,1-3H3,(H,26,29). The van der Waals surface area contributed by atoms with Crippen molar-refractivity contribution in [1.82, 2.24) is 10.2 Å². The van der Waals surface area contributed by atoms with E-state index < -0.39 is 6.04 Å². The highest BCUT2D eigenvalue weighted by atomic mass is 16.5. The van der Waals surface area contributed by atoms with E-state index in [1.807, 2.05) is 69.3 Å². The fraction of sp³-hybridized carbons (Fsp3) is 0.440. The molecule has 0 aromatic heterocycles. The average molecular weight is 425 g/mol. The van der Waals surface area contributed by atoms with Gasteiger partial charge in [0.2, 0.25) is 11.8 Å². The van der Waals surface area contributed by atoms with Gasteiger partial charge in [-0.3, -0.25) is 9.59 Å². The zero-order valence-corrected chi connectivity index (χ0v) is 18.6. The van der Waals surface area contributed by atoms with Crippen molar-refractivity contribution in [3.8, 4) is 11.5 Å². The molecule has 6 heteroatoms. The molecule has 3 rings (SSSR count). The maximum atomic E-state index is 13.4. The first-order chi connectivity index (χ1) is 15.0. The quantitative estimate of drug-likeness (QED) is 0.647. The van der Waals surface area contributed by atoms with Crippen molar-refractivity contribution >= 4 is 11.8 Å². The molecule has 31 heavy (non-hydrogen) atoms. The van der Waals surface area contributed by atoms with Crippen LogP contribution in [0.15, 0.2) is 48.5 Å². The molecule has 2 aromatic carbocycles. The molecule has 1 saturated heterocycles. The Morgan fingerprint density at radius 2 is 1.71 bits per heavy atom. The number of carbonyl (C=O) groups excluding carboxylic acids is 2. The van der Waals surface area contributed by atoms with Crippen LogP contribution < -0.4 is 14.8 Å². The molecule has 6 nitrogen and oxygen atoms in total. The molecule has 0 saturated carbocycles. The number of hydrogen-bond acceptors (Lipinski definition) is 4. The summed E-state index contributed by atoms with van der Waals surface area (Å²) in [5.41, 5.74) is 1.74. The van der Waals surface area contributed by atoms with E-state index in [0.29, 0.717) is 37.7 Å². The van der Waals surface area contributed by atoms with Gasteiger partial charge in [0.05, 0.1) is 19.3 Å². The van der Waals surface area contributed by atoms with Gasteiger partial charge in [-0.15, -0.1) is 0 Å². The van der Waals surface area contributed by atoms with Crippen LogP contribution in [-0.4, -0.2) is 36.5 Å². The van der Waals surface area contributed by atoms with Crippen LogP contribution >= 0.6 is 0 Å². The number of nitrogens with zero attached hydrogens (tertiary/aromatic N) is 1. The summed E-state index contributed by atoms with van der Waals surface area (Å²) in [7, 11) is 0. The zero-order chi connectivity index (χ0) is 22.2. The molecule has 1 fully saturated rings. The van der Waals surface area contributed by atoms with Crippen LogP contribution in [0.5, 0.6) is 11.5 Å². The summed E-state index contributed by atoms with van der Waals surface area (Å²) in [6.07, 6.45) is 2.28. The number of amides is 2. The highest BCUT2D eigenvalue weighted by Gasteiger charge is 2.33. The summed E-state index contributed by atoms with van der Waals surface area (Å²) in [6, 6.07) is 14.3. The first kappa shape index (κ1) is 22.7. The predicted molar refractivity (Wildman–Crippen MR) is 120 cm³/mol. The Morgan fingerprint density at radius 1 is 1.00 bits per heavy atom. The number of likely N-dealkylation sites (tertiary alicyclic amines) is 1. The lowest BCUT2D eigenvalue weighted by Gasteiger charge is -2.34. The molecule has 0 radical (unpaired) electrons. The van der Waals surface area contributed by atoms with Crippen LogP contribution in [-0.2, 0) is 9.59 Å². The van der Waals surface area contributed by atoms with E-state index >= 15 is 0 Å². The summed E-state index contributed by atoms with van der Waals surface area (Å²) in [6.45, 7) is 7.46. The maximum Gasteiger partial charge on any atom is 0.247 e. The van der Waals surface area contributed by atoms with Gasteiger partial charge in [0.1, 0.15) is 6.04 Å². The third-order valence-corrected chi connectivity index (χ3v) is 5.46. The lowest BCUT2D eigenvalue weighted by Crippen LogP contribution is -2.46. The molecule has 1 heterocycles. The number of piperidine rings is 1. The van der Waals surface area contributed by atoms with Crippen LogP contribution in [0.1, 0.15) is 63.2 Å². The van der Waals surface area contributed by atoms with E-state index in [-0.39, 0.29) is 17.9 Å². The van der Waals surface area contributed by atoms with Gasteiger partial charge in [-0.2, -0.15) is 0 Å². The minimum Gasteiger partial charge on any atom is -0.490 e. The minimum atomic E-state index is -0.634. The first-order valence-corrected chi connectivity index (χ1v) is 11.1. The molecule has 2 amide bonds. The minimum absolute atomic E-state index is 0.0302. The van der Waals surface area contributed by atoms with E-state index in [4.69, 9.17) is 9.47 Å². The summed E-state index contributed by atoms with van der Waals surface area (Å²) in [5, 5.41) is 3.10. The van der Waals surface area contributed by atoms with E-state index in [1.54, 1.807) is 4.90 Å². The van der Waals surface area contributed by atoms with Crippen LogP contribution in [0.3, 0.4) is 0 Å². The van der Waals surface area contributed by atoms with E-state index in [1.165, 1.54) is 0 Å². The van der Waals surface area contributed by atoms with Crippen molar-refractivity contribution < 1.29 is 19.1 Å². The molecule has 0 bridgehead atoms. The van der Waals surface area contributed by atoms with Gasteiger partial charge in [-0.05, 0) is 56.9 Å². The molecule has 2 aromatic rings. The van der Waals surface area contributed by atoms with Gasteiger partial charge in [-0.25, -0.2) is 0 Å². The lowest BCUT2D eigenvalue weighted by molar-refractivity contribution is -0.143. The molecule has 1 N–H and O–H groups in total. The Morgan fingerprint density at radius 3 is 2.39 bits per heavy atom. The molecular formula is C25H32N2O4. The van der Waals surface area contributed by atoms with Gasteiger partial charge < -0.3 is 19.7 Å². The second-order valence-electron chi connectivity index (χ2n) is 7.66. The Balaban J connectivity index is 1.82. The number of benzene rings is 2. The Kier molecular flexibility index (Phi) is 7.93. The van der Waals surface area contributed by atoms with Gasteiger partial charge >= 0.3 is 0 Å². The number of rotatable bonds is 9. The monoisotopic (exact) mass is 424 g/mol. The molecule has 2 atom stereocenters. The van der Waals surface area contributed by atoms with E-state index in [0.717, 1.165) is 24.0 Å². The number of hydrogen-bond donors (Lipinski definition) is 1. The fourth-order valence-corrected chi connectivity index (χ4v) is 3.92. The number of carbonyl (C=O) groups is 2. The molecule has 2 unspecified atom stereocenters. The Labute approximate surface area is 184 Å². The third kappa shape index (κ3) is 5.57. The lowest BCUT2D eigenvalue weighted by atomic mass is 9.99. The first-order valence-electron chi connectivity index (χ1n) is 11.1. The summed E-state index contributed by atoms with van der Waals surface area (Å²) in [5.74, 6) is 1.20. The summed E-state index contributed by atoms with van der Waals surface area (Å²) in [4.78, 5) is 27.7. The smallest absolute Gasteiger partial charge is 0.247 e. The van der Waals surface area contributed by atoms with Crippen molar-refractivity contribution in [2.75, 3.05) is 19.8 Å². The van der Waals surface area contributed by atoms with E-state index in [9.17, 15) is 9.59 Å². The van der Waals surface area contributed by atoms with Crippen LogP contribution in [0, 0.1) is 0 Å². The van der Waals surface area contributed by atoms with Crippen LogP contribution in [0.2, 0.25) is 0 Å². The van der Waals surface area contributed by atoms with Gasteiger partial charge in [0.25, 0.3) is 0 Å². The average Bonchev–Trinajstić information content (AvgIpc) is 2.77. The van der Waals surface area contributed by atoms with Crippen molar-refractivity contribution in [2.24, 2.45) is 0 Å². The molecule has 1 aliphatic heterocycles.